The van der Waals surface area contributed by atoms with Crippen molar-refractivity contribution in [3.8, 4) is 5.75 Å². The second-order valence-corrected chi connectivity index (χ2v) is 6.31. The standard InChI is InChI=1S/C15H22ClNO2/c1-10(2)17-14(18)9-19-11-6-7-12(13(16)8-11)15(3,4)5/h6-8,10H,9H2,1-5H3,(H,17,18). The summed E-state index contributed by atoms with van der Waals surface area (Å²) in [5.41, 5.74) is 1.05. The van der Waals surface area contributed by atoms with E-state index in [0.717, 1.165) is 5.56 Å². The van der Waals surface area contributed by atoms with Crippen LogP contribution in [-0.2, 0) is 10.2 Å². The Balaban J connectivity index is 2.67. The zero-order chi connectivity index (χ0) is 14.6. The topological polar surface area (TPSA) is 38.3 Å². The predicted molar refractivity (Wildman–Crippen MR) is 78.9 cm³/mol. The van der Waals surface area contributed by atoms with Crippen molar-refractivity contribution in [3.05, 3.63) is 28.8 Å². The van der Waals surface area contributed by atoms with Crippen LogP contribution in [0, 0.1) is 0 Å². The van der Waals surface area contributed by atoms with E-state index in [2.05, 4.69) is 26.1 Å². The first kappa shape index (κ1) is 15.8. The van der Waals surface area contributed by atoms with Gasteiger partial charge in [0.2, 0.25) is 0 Å². The lowest BCUT2D eigenvalue weighted by Crippen LogP contribution is -2.34. The van der Waals surface area contributed by atoms with Crippen molar-refractivity contribution in [1.82, 2.24) is 5.32 Å². The molecule has 1 rings (SSSR count). The van der Waals surface area contributed by atoms with Crippen molar-refractivity contribution in [2.75, 3.05) is 6.61 Å². The van der Waals surface area contributed by atoms with Crippen LogP contribution in [0.5, 0.6) is 5.75 Å². The minimum Gasteiger partial charge on any atom is -0.484 e. The van der Waals surface area contributed by atoms with E-state index in [0.29, 0.717) is 10.8 Å². The number of hydrogen-bond donors (Lipinski definition) is 1. The van der Waals surface area contributed by atoms with Gasteiger partial charge in [-0.3, -0.25) is 4.79 Å². The number of ether oxygens (including phenoxy) is 1. The van der Waals surface area contributed by atoms with Crippen LogP contribution in [0.2, 0.25) is 5.02 Å². The smallest absolute Gasteiger partial charge is 0.258 e. The van der Waals surface area contributed by atoms with Crippen LogP contribution in [0.15, 0.2) is 18.2 Å². The summed E-state index contributed by atoms with van der Waals surface area (Å²) in [5, 5.41) is 3.43. The van der Waals surface area contributed by atoms with Gasteiger partial charge in [0.1, 0.15) is 5.75 Å². The fourth-order valence-electron chi connectivity index (χ4n) is 1.71. The van der Waals surface area contributed by atoms with Crippen molar-refractivity contribution in [1.29, 1.82) is 0 Å². The summed E-state index contributed by atoms with van der Waals surface area (Å²) in [5.74, 6) is 0.475. The van der Waals surface area contributed by atoms with Crippen LogP contribution < -0.4 is 10.1 Å². The molecule has 1 aromatic rings. The summed E-state index contributed by atoms with van der Waals surface area (Å²) in [7, 11) is 0. The Hall–Kier alpha value is -1.22. The molecular weight excluding hydrogens is 262 g/mol. The number of benzene rings is 1. The number of carbonyl (C=O) groups is 1. The lowest BCUT2D eigenvalue weighted by atomic mass is 9.87. The molecule has 0 aliphatic heterocycles. The Labute approximate surface area is 120 Å². The first-order chi connectivity index (χ1) is 8.70. The molecular formula is C15H22ClNO2. The van der Waals surface area contributed by atoms with E-state index in [1.54, 1.807) is 6.07 Å². The van der Waals surface area contributed by atoms with Crippen LogP contribution in [0.4, 0.5) is 0 Å². The molecule has 4 heteroatoms. The summed E-state index contributed by atoms with van der Waals surface area (Å²) < 4.78 is 5.42. The predicted octanol–water partition coefficient (Wildman–Crippen LogP) is 3.54. The summed E-state index contributed by atoms with van der Waals surface area (Å²) >= 11 is 6.23. The average molecular weight is 284 g/mol. The van der Waals surface area contributed by atoms with E-state index in [4.69, 9.17) is 16.3 Å². The molecule has 1 aromatic carbocycles. The van der Waals surface area contributed by atoms with Gasteiger partial charge in [0.15, 0.2) is 6.61 Å². The first-order valence-corrected chi connectivity index (χ1v) is 6.80. The van der Waals surface area contributed by atoms with E-state index in [9.17, 15) is 4.79 Å². The lowest BCUT2D eigenvalue weighted by Gasteiger charge is -2.21. The molecule has 0 heterocycles. The van der Waals surface area contributed by atoms with Crippen molar-refractivity contribution >= 4 is 17.5 Å². The van der Waals surface area contributed by atoms with E-state index in [1.165, 1.54) is 0 Å². The fraction of sp³-hybridized carbons (Fsp3) is 0.533. The van der Waals surface area contributed by atoms with Crippen molar-refractivity contribution < 1.29 is 9.53 Å². The molecule has 0 unspecified atom stereocenters. The van der Waals surface area contributed by atoms with E-state index >= 15 is 0 Å². The monoisotopic (exact) mass is 283 g/mol. The van der Waals surface area contributed by atoms with Gasteiger partial charge in [-0.2, -0.15) is 0 Å². The van der Waals surface area contributed by atoms with Gasteiger partial charge in [-0.25, -0.2) is 0 Å². The summed E-state index contributed by atoms with van der Waals surface area (Å²) in [6, 6.07) is 5.65. The molecule has 0 aliphatic carbocycles. The van der Waals surface area contributed by atoms with Gasteiger partial charge in [0.25, 0.3) is 5.91 Å². The van der Waals surface area contributed by atoms with Gasteiger partial charge >= 0.3 is 0 Å². The highest BCUT2D eigenvalue weighted by Gasteiger charge is 2.17. The van der Waals surface area contributed by atoms with Crippen LogP contribution in [-0.4, -0.2) is 18.6 Å². The number of carbonyl (C=O) groups excluding carboxylic acids is 1. The third kappa shape index (κ3) is 5.11. The fourth-order valence-corrected chi connectivity index (χ4v) is 2.16. The highest BCUT2D eigenvalue weighted by atomic mass is 35.5. The van der Waals surface area contributed by atoms with Crippen molar-refractivity contribution in [3.63, 3.8) is 0 Å². The number of halogens is 1. The number of hydrogen-bond acceptors (Lipinski definition) is 2. The highest BCUT2D eigenvalue weighted by Crippen LogP contribution is 2.31. The number of amides is 1. The molecule has 0 bridgehead atoms. The van der Waals surface area contributed by atoms with Crippen LogP contribution >= 0.6 is 11.6 Å². The zero-order valence-electron chi connectivity index (χ0n) is 12.2. The minimum absolute atomic E-state index is 0.00335. The Morgan fingerprint density at radius 1 is 1.37 bits per heavy atom. The molecule has 0 fully saturated rings. The Morgan fingerprint density at radius 2 is 2.00 bits per heavy atom. The Morgan fingerprint density at radius 3 is 2.47 bits per heavy atom. The molecule has 0 spiro atoms. The van der Waals surface area contributed by atoms with E-state index in [-0.39, 0.29) is 24.0 Å². The third-order valence-corrected chi connectivity index (χ3v) is 2.88. The Bertz CT molecular complexity index is 450. The molecule has 0 aromatic heterocycles. The van der Waals surface area contributed by atoms with Crippen LogP contribution in [0.1, 0.15) is 40.2 Å². The highest BCUT2D eigenvalue weighted by molar-refractivity contribution is 6.31. The second-order valence-electron chi connectivity index (χ2n) is 5.90. The second kappa shape index (κ2) is 6.29. The van der Waals surface area contributed by atoms with Gasteiger partial charge in [0.05, 0.1) is 0 Å². The quantitative estimate of drug-likeness (QED) is 0.918. The van der Waals surface area contributed by atoms with Crippen molar-refractivity contribution in [2.45, 2.75) is 46.1 Å². The molecule has 0 aliphatic rings. The summed E-state index contributed by atoms with van der Waals surface area (Å²) in [6.45, 7) is 10.1. The summed E-state index contributed by atoms with van der Waals surface area (Å²) in [6.07, 6.45) is 0. The SMILES string of the molecule is CC(C)NC(=O)COc1ccc(C(C)(C)C)c(Cl)c1. The van der Waals surface area contributed by atoms with Crippen LogP contribution in [0.25, 0.3) is 0 Å². The normalized spacial score (nSPS) is 11.5. The molecule has 0 saturated carbocycles. The molecule has 1 amide bonds. The van der Waals surface area contributed by atoms with Crippen molar-refractivity contribution in [2.24, 2.45) is 0 Å². The summed E-state index contributed by atoms with van der Waals surface area (Å²) in [4.78, 5) is 11.5. The molecule has 19 heavy (non-hydrogen) atoms. The van der Waals surface area contributed by atoms with Gasteiger partial charge < -0.3 is 10.1 Å². The average Bonchev–Trinajstić information content (AvgIpc) is 2.23. The maximum Gasteiger partial charge on any atom is 0.258 e. The molecule has 0 atom stereocenters. The maximum absolute atomic E-state index is 11.5. The molecule has 1 N–H and O–H groups in total. The largest absolute Gasteiger partial charge is 0.484 e. The number of rotatable bonds is 4. The minimum atomic E-state index is -0.133. The molecule has 0 radical (unpaired) electrons. The third-order valence-electron chi connectivity index (χ3n) is 2.57. The van der Waals surface area contributed by atoms with Crippen LogP contribution in [0.3, 0.4) is 0 Å². The molecule has 0 saturated heterocycles. The maximum atomic E-state index is 11.5. The van der Waals surface area contributed by atoms with Gasteiger partial charge in [-0.15, -0.1) is 0 Å². The zero-order valence-corrected chi connectivity index (χ0v) is 13.0. The van der Waals surface area contributed by atoms with Gasteiger partial charge in [0, 0.05) is 11.1 Å². The Kier molecular flexibility index (Phi) is 5.24. The van der Waals surface area contributed by atoms with Gasteiger partial charge in [-0.1, -0.05) is 38.4 Å². The first-order valence-electron chi connectivity index (χ1n) is 6.42. The number of nitrogens with one attached hydrogen (secondary N) is 1. The molecule has 106 valence electrons. The van der Waals surface area contributed by atoms with Gasteiger partial charge in [-0.05, 0) is 37.0 Å². The molecule has 3 nitrogen and oxygen atoms in total. The van der Waals surface area contributed by atoms with E-state index in [1.807, 2.05) is 26.0 Å². The van der Waals surface area contributed by atoms with E-state index < -0.39 is 0 Å². The lowest BCUT2D eigenvalue weighted by molar-refractivity contribution is -0.123.